The third-order valence-corrected chi connectivity index (χ3v) is 2.94. The highest BCUT2D eigenvalue weighted by Crippen LogP contribution is 2.13. The molecule has 0 heterocycles. The first-order valence-corrected chi connectivity index (χ1v) is 6.57. The molecule has 0 saturated heterocycles. The average molecular weight is 315 g/mol. The first-order valence-electron chi connectivity index (χ1n) is 6.57. The summed E-state index contributed by atoms with van der Waals surface area (Å²) in [4.78, 5) is 33.6. The van der Waals surface area contributed by atoms with E-state index >= 15 is 0 Å². The number of benzene rings is 2. The van der Waals surface area contributed by atoms with Crippen molar-refractivity contribution in [1.82, 2.24) is 10.9 Å². The molecule has 8 nitrogen and oxygen atoms in total. The van der Waals surface area contributed by atoms with E-state index in [2.05, 4.69) is 10.9 Å². The van der Waals surface area contributed by atoms with Crippen LogP contribution in [0.3, 0.4) is 0 Å². The Morgan fingerprint density at radius 3 is 2.43 bits per heavy atom. The second kappa shape index (κ2) is 7.03. The molecule has 0 aliphatic heterocycles. The number of aromatic hydroxyl groups is 1. The lowest BCUT2D eigenvalue weighted by Crippen LogP contribution is -2.42. The lowest BCUT2D eigenvalue weighted by atomic mass is 10.1. The molecule has 23 heavy (non-hydrogen) atoms. The molecule has 0 aliphatic rings. The molecule has 3 N–H and O–H groups in total. The van der Waals surface area contributed by atoms with Gasteiger partial charge in [0, 0.05) is 17.7 Å². The number of nitrogens with zero attached hydrogens (tertiary/aromatic N) is 1. The minimum absolute atomic E-state index is 0.00942. The Labute approximate surface area is 130 Å². The Morgan fingerprint density at radius 1 is 1.09 bits per heavy atom. The van der Waals surface area contributed by atoms with Crippen LogP contribution >= 0.6 is 0 Å². The smallest absolute Gasteiger partial charge is 0.270 e. The summed E-state index contributed by atoms with van der Waals surface area (Å²) in [6.45, 7) is 0. The molecule has 8 heteroatoms. The summed E-state index contributed by atoms with van der Waals surface area (Å²) in [6.07, 6.45) is 0.00942. The Hall–Kier alpha value is -3.42. The first kappa shape index (κ1) is 16.0. The zero-order valence-corrected chi connectivity index (χ0v) is 11.9. The predicted molar refractivity (Wildman–Crippen MR) is 80.5 cm³/mol. The van der Waals surface area contributed by atoms with E-state index in [9.17, 15) is 19.7 Å². The summed E-state index contributed by atoms with van der Waals surface area (Å²) in [5.41, 5.74) is 4.91. The quantitative estimate of drug-likeness (QED) is 0.580. The highest BCUT2D eigenvalue weighted by atomic mass is 16.6. The van der Waals surface area contributed by atoms with E-state index < -0.39 is 16.7 Å². The van der Waals surface area contributed by atoms with Gasteiger partial charge in [0.05, 0.1) is 11.3 Å². The number of hydrogen-bond donors (Lipinski definition) is 3. The second-order valence-corrected chi connectivity index (χ2v) is 4.65. The number of nitro benzene ring substituents is 1. The van der Waals surface area contributed by atoms with Gasteiger partial charge in [0.25, 0.3) is 11.6 Å². The van der Waals surface area contributed by atoms with Crippen LogP contribution in [0.1, 0.15) is 15.9 Å². The second-order valence-electron chi connectivity index (χ2n) is 4.65. The minimum atomic E-state index is -0.659. The van der Waals surface area contributed by atoms with Crippen LogP contribution in [-0.4, -0.2) is 21.8 Å². The summed E-state index contributed by atoms with van der Waals surface area (Å²) in [6, 6.07) is 11.2. The molecule has 0 aromatic heterocycles. The van der Waals surface area contributed by atoms with Gasteiger partial charge in [-0.3, -0.25) is 30.6 Å². The van der Waals surface area contributed by atoms with Gasteiger partial charge in [-0.05, 0) is 23.8 Å². The molecular formula is C15H13N3O5. The number of rotatable bonds is 4. The van der Waals surface area contributed by atoms with E-state index in [-0.39, 0.29) is 23.4 Å². The number of nitro groups is 1. The van der Waals surface area contributed by atoms with Crippen molar-refractivity contribution in [3.63, 3.8) is 0 Å². The standard InChI is InChI=1S/C15H13N3O5/c19-13-6-4-10(5-7-13)8-14(20)16-17-15(21)11-2-1-3-12(9-11)18(22)23/h1-7,9,19H,8H2,(H,16,20)(H,17,21). The van der Waals surface area contributed by atoms with Gasteiger partial charge >= 0.3 is 0 Å². The van der Waals surface area contributed by atoms with Crippen molar-refractivity contribution in [2.75, 3.05) is 0 Å². The van der Waals surface area contributed by atoms with Crippen molar-refractivity contribution in [3.05, 3.63) is 69.8 Å². The molecule has 0 spiro atoms. The Bertz CT molecular complexity index is 743. The Morgan fingerprint density at radius 2 is 1.78 bits per heavy atom. The van der Waals surface area contributed by atoms with Crippen molar-refractivity contribution >= 4 is 17.5 Å². The highest BCUT2D eigenvalue weighted by Gasteiger charge is 2.12. The van der Waals surface area contributed by atoms with Gasteiger partial charge in [-0.25, -0.2) is 0 Å². The minimum Gasteiger partial charge on any atom is -0.508 e. The molecule has 0 aliphatic carbocycles. The van der Waals surface area contributed by atoms with Crippen LogP contribution in [-0.2, 0) is 11.2 Å². The van der Waals surface area contributed by atoms with Gasteiger partial charge in [0.1, 0.15) is 5.75 Å². The van der Waals surface area contributed by atoms with Crippen LogP contribution in [0.4, 0.5) is 5.69 Å². The van der Waals surface area contributed by atoms with Gasteiger partial charge in [-0.2, -0.15) is 0 Å². The normalized spacial score (nSPS) is 9.91. The summed E-state index contributed by atoms with van der Waals surface area (Å²) < 4.78 is 0. The van der Waals surface area contributed by atoms with Gasteiger partial charge in [0.15, 0.2) is 0 Å². The van der Waals surface area contributed by atoms with Crippen molar-refractivity contribution in [2.24, 2.45) is 0 Å². The zero-order valence-electron chi connectivity index (χ0n) is 11.9. The fourth-order valence-corrected chi connectivity index (χ4v) is 1.80. The van der Waals surface area contributed by atoms with E-state index in [0.717, 1.165) is 6.07 Å². The summed E-state index contributed by atoms with van der Waals surface area (Å²) in [7, 11) is 0. The fourth-order valence-electron chi connectivity index (χ4n) is 1.80. The van der Waals surface area contributed by atoms with Crippen LogP contribution in [0, 0.1) is 10.1 Å². The van der Waals surface area contributed by atoms with Crippen LogP contribution in [0.2, 0.25) is 0 Å². The third kappa shape index (κ3) is 4.53. The Balaban J connectivity index is 1.91. The zero-order chi connectivity index (χ0) is 16.8. The number of nitrogens with one attached hydrogen (secondary N) is 2. The number of carbonyl (C=O) groups is 2. The molecule has 0 atom stereocenters. The van der Waals surface area contributed by atoms with E-state index in [1.165, 1.54) is 30.3 Å². The molecule has 0 fully saturated rings. The number of carbonyl (C=O) groups excluding carboxylic acids is 2. The molecule has 0 bridgehead atoms. The molecule has 118 valence electrons. The molecule has 2 aromatic rings. The third-order valence-electron chi connectivity index (χ3n) is 2.94. The fraction of sp³-hybridized carbons (Fsp3) is 0.0667. The van der Waals surface area contributed by atoms with Gasteiger partial charge in [-0.1, -0.05) is 18.2 Å². The molecule has 0 unspecified atom stereocenters. The number of hydrogen-bond acceptors (Lipinski definition) is 5. The van der Waals surface area contributed by atoms with Crippen molar-refractivity contribution < 1.29 is 19.6 Å². The number of phenols is 1. The van der Waals surface area contributed by atoms with Crippen molar-refractivity contribution in [1.29, 1.82) is 0 Å². The highest BCUT2D eigenvalue weighted by molar-refractivity contribution is 5.96. The van der Waals surface area contributed by atoms with Gasteiger partial charge in [-0.15, -0.1) is 0 Å². The lowest BCUT2D eigenvalue weighted by Gasteiger charge is -2.07. The van der Waals surface area contributed by atoms with E-state index in [4.69, 9.17) is 5.11 Å². The van der Waals surface area contributed by atoms with E-state index in [0.29, 0.717) is 5.56 Å². The van der Waals surface area contributed by atoms with Crippen LogP contribution in [0.25, 0.3) is 0 Å². The molecule has 2 rings (SSSR count). The topological polar surface area (TPSA) is 122 Å². The van der Waals surface area contributed by atoms with E-state index in [1.807, 2.05) is 0 Å². The lowest BCUT2D eigenvalue weighted by molar-refractivity contribution is -0.384. The van der Waals surface area contributed by atoms with Crippen LogP contribution < -0.4 is 10.9 Å². The predicted octanol–water partition coefficient (Wildman–Crippen LogP) is 1.30. The van der Waals surface area contributed by atoms with Crippen LogP contribution in [0.15, 0.2) is 48.5 Å². The van der Waals surface area contributed by atoms with Crippen molar-refractivity contribution in [3.8, 4) is 5.75 Å². The number of phenolic OH excluding ortho intramolecular Hbond substituents is 1. The van der Waals surface area contributed by atoms with E-state index in [1.54, 1.807) is 12.1 Å². The SMILES string of the molecule is O=C(Cc1ccc(O)cc1)NNC(=O)c1cccc([N+](=O)[O-])c1. The maximum Gasteiger partial charge on any atom is 0.270 e. The largest absolute Gasteiger partial charge is 0.508 e. The summed E-state index contributed by atoms with van der Waals surface area (Å²) in [5.74, 6) is -1.03. The van der Waals surface area contributed by atoms with Gasteiger partial charge < -0.3 is 5.11 Å². The monoisotopic (exact) mass is 315 g/mol. The number of non-ortho nitro benzene ring substituents is 1. The number of hydrazine groups is 1. The molecule has 2 aromatic carbocycles. The van der Waals surface area contributed by atoms with Crippen molar-refractivity contribution in [2.45, 2.75) is 6.42 Å². The number of amides is 2. The van der Waals surface area contributed by atoms with Crippen LogP contribution in [0.5, 0.6) is 5.75 Å². The maximum absolute atomic E-state index is 11.8. The molecule has 2 amide bonds. The van der Waals surface area contributed by atoms with Gasteiger partial charge in [0.2, 0.25) is 5.91 Å². The summed E-state index contributed by atoms with van der Waals surface area (Å²) >= 11 is 0. The maximum atomic E-state index is 11.8. The molecule has 0 radical (unpaired) electrons. The first-order chi connectivity index (χ1) is 11.0. The Kier molecular flexibility index (Phi) is 4.88. The average Bonchev–Trinajstić information content (AvgIpc) is 2.55. The molecular weight excluding hydrogens is 302 g/mol. The molecule has 0 saturated carbocycles. The summed E-state index contributed by atoms with van der Waals surface area (Å²) in [5, 5.41) is 19.8.